The van der Waals surface area contributed by atoms with E-state index in [-0.39, 0.29) is 11.5 Å². The molecule has 1 saturated heterocycles. The number of hydrogen-bond acceptors (Lipinski definition) is 2. The van der Waals surface area contributed by atoms with E-state index in [0.717, 1.165) is 6.54 Å². The first-order valence-corrected chi connectivity index (χ1v) is 3.85. The highest BCUT2D eigenvalue weighted by Crippen LogP contribution is 2.24. The van der Waals surface area contributed by atoms with E-state index < -0.39 is 0 Å². The molecule has 3 heteroatoms. The predicted octanol–water partition coefficient (Wildman–Crippen LogP) is 1.31. The Labute approximate surface area is 66.9 Å². The van der Waals surface area contributed by atoms with Gasteiger partial charge in [0.05, 0.1) is 6.54 Å². The first kappa shape index (κ1) is 7.79. The van der Waals surface area contributed by atoms with Gasteiger partial charge in [-0.1, -0.05) is 20.8 Å². The van der Waals surface area contributed by atoms with Crippen LogP contribution in [-0.2, 0) is 4.74 Å². The predicted molar refractivity (Wildman–Crippen MR) is 44.9 cm³/mol. The van der Waals surface area contributed by atoms with Gasteiger partial charge in [0.15, 0.2) is 0 Å². The maximum absolute atomic E-state index is 5.35. The van der Waals surface area contributed by atoms with Gasteiger partial charge >= 0.3 is 0 Å². The van der Waals surface area contributed by atoms with Crippen LogP contribution in [0.2, 0.25) is 0 Å². The average Bonchev–Trinajstić information content (AvgIpc) is 2.11. The zero-order chi connectivity index (χ0) is 7.78. The molecule has 1 unspecified atom stereocenters. The Bertz CT molecular complexity index is 150. The Kier molecular flexibility index (Phi) is 1.86. The number of rotatable bonds is 0. The van der Waals surface area contributed by atoms with Gasteiger partial charge in [-0.15, -0.1) is 0 Å². The van der Waals surface area contributed by atoms with E-state index in [2.05, 4.69) is 26.1 Å². The Balaban J connectivity index is 2.53. The summed E-state index contributed by atoms with van der Waals surface area (Å²) in [4.78, 5) is 0. The summed E-state index contributed by atoms with van der Waals surface area (Å²) in [5.74, 6) is 0. The highest BCUT2D eigenvalue weighted by atomic mass is 32.1. The molecule has 1 aliphatic rings. The molecule has 1 atom stereocenters. The third kappa shape index (κ3) is 1.59. The molecule has 1 fully saturated rings. The minimum absolute atomic E-state index is 0.188. The second kappa shape index (κ2) is 2.38. The van der Waals surface area contributed by atoms with Crippen LogP contribution in [0.3, 0.4) is 0 Å². The lowest BCUT2D eigenvalue weighted by Gasteiger charge is -2.24. The zero-order valence-corrected chi connectivity index (χ0v) is 7.42. The molecule has 0 saturated carbocycles. The molecule has 58 valence electrons. The lowest BCUT2D eigenvalue weighted by atomic mass is 9.89. The van der Waals surface area contributed by atoms with E-state index >= 15 is 0 Å². The largest absolute Gasteiger partial charge is 0.465 e. The number of ether oxygens (including phenoxy) is 1. The van der Waals surface area contributed by atoms with Crippen LogP contribution in [0.5, 0.6) is 0 Å². The molecule has 10 heavy (non-hydrogen) atoms. The van der Waals surface area contributed by atoms with Crippen molar-refractivity contribution in [1.29, 1.82) is 0 Å². The standard InChI is InChI=1S/C7H13NOS/c1-7(2,3)5-4-8-6(10)9-5/h5H,4H2,1-3H3,(H,8,10). The molecule has 0 aromatic heterocycles. The van der Waals surface area contributed by atoms with E-state index in [1.165, 1.54) is 0 Å². The third-order valence-electron chi connectivity index (χ3n) is 1.65. The molecule has 0 aliphatic carbocycles. The Hall–Kier alpha value is -0.310. The molecule has 0 amide bonds. The average molecular weight is 159 g/mol. The van der Waals surface area contributed by atoms with Crippen LogP contribution < -0.4 is 5.32 Å². The molecular formula is C7H13NOS. The van der Waals surface area contributed by atoms with Crippen LogP contribution in [0.1, 0.15) is 20.8 Å². The zero-order valence-electron chi connectivity index (χ0n) is 6.60. The Morgan fingerprint density at radius 3 is 2.40 bits per heavy atom. The maximum atomic E-state index is 5.35. The van der Waals surface area contributed by atoms with Crippen molar-refractivity contribution in [1.82, 2.24) is 5.32 Å². The van der Waals surface area contributed by atoms with Crippen LogP contribution >= 0.6 is 12.2 Å². The monoisotopic (exact) mass is 159 g/mol. The SMILES string of the molecule is CC(C)(C)C1CNC(=S)O1. The summed E-state index contributed by atoms with van der Waals surface area (Å²) < 4.78 is 5.35. The molecule has 0 spiro atoms. The minimum Gasteiger partial charge on any atom is -0.465 e. The number of nitrogens with one attached hydrogen (secondary N) is 1. The highest BCUT2D eigenvalue weighted by Gasteiger charge is 2.31. The van der Waals surface area contributed by atoms with Gasteiger partial charge in [0.2, 0.25) is 0 Å². The lowest BCUT2D eigenvalue weighted by molar-refractivity contribution is 0.110. The van der Waals surface area contributed by atoms with Gasteiger partial charge in [0.1, 0.15) is 6.10 Å². The summed E-state index contributed by atoms with van der Waals surface area (Å²) >= 11 is 4.83. The van der Waals surface area contributed by atoms with E-state index in [9.17, 15) is 0 Å². The second-order valence-electron chi connectivity index (χ2n) is 3.64. The Morgan fingerprint density at radius 1 is 1.60 bits per heavy atom. The molecule has 0 bridgehead atoms. The molecule has 1 rings (SSSR count). The minimum atomic E-state index is 0.188. The second-order valence-corrected chi connectivity index (χ2v) is 4.01. The van der Waals surface area contributed by atoms with Crippen molar-refractivity contribution in [2.45, 2.75) is 26.9 Å². The summed E-state index contributed by atoms with van der Waals surface area (Å²) in [5.41, 5.74) is 0.188. The van der Waals surface area contributed by atoms with Gasteiger partial charge in [-0.3, -0.25) is 0 Å². The number of thiocarbonyl (C=S) groups is 1. The van der Waals surface area contributed by atoms with Gasteiger partial charge in [-0.05, 0) is 12.2 Å². The molecule has 1 heterocycles. The van der Waals surface area contributed by atoms with Gasteiger partial charge in [0, 0.05) is 5.41 Å². The van der Waals surface area contributed by atoms with Crippen molar-refractivity contribution >= 4 is 17.4 Å². The molecule has 1 N–H and O–H groups in total. The van der Waals surface area contributed by atoms with Crippen LogP contribution in [0, 0.1) is 5.41 Å². The molecule has 0 radical (unpaired) electrons. The van der Waals surface area contributed by atoms with Gasteiger partial charge in [-0.25, -0.2) is 0 Å². The smallest absolute Gasteiger partial charge is 0.257 e. The first-order chi connectivity index (χ1) is 4.50. The molecule has 0 aromatic rings. The van der Waals surface area contributed by atoms with Crippen molar-refractivity contribution in [2.24, 2.45) is 5.41 Å². The molecule has 1 aliphatic heterocycles. The van der Waals surface area contributed by atoms with Gasteiger partial charge in [-0.2, -0.15) is 0 Å². The molecular weight excluding hydrogens is 146 g/mol. The van der Waals surface area contributed by atoms with E-state index in [4.69, 9.17) is 17.0 Å². The van der Waals surface area contributed by atoms with E-state index in [1.807, 2.05) is 0 Å². The van der Waals surface area contributed by atoms with Gasteiger partial charge < -0.3 is 10.1 Å². The van der Waals surface area contributed by atoms with Crippen molar-refractivity contribution in [2.75, 3.05) is 6.54 Å². The van der Waals surface area contributed by atoms with E-state index in [1.54, 1.807) is 0 Å². The van der Waals surface area contributed by atoms with Gasteiger partial charge in [0.25, 0.3) is 5.17 Å². The first-order valence-electron chi connectivity index (χ1n) is 3.44. The molecule has 0 aromatic carbocycles. The fourth-order valence-corrected chi connectivity index (χ4v) is 1.07. The van der Waals surface area contributed by atoms with Crippen molar-refractivity contribution in [3.8, 4) is 0 Å². The van der Waals surface area contributed by atoms with E-state index in [0.29, 0.717) is 5.17 Å². The van der Waals surface area contributed by atoms with Crippen LogP contribution in [0.4, 0.5) is 0 Å². The summed E-state index contributed by atoms with van der Waals surface area (Å²) in [6.45, 7) is 7.29. The third-order valence-corrected chi connectivity index (χ3v) is 1.89. The van der Waals surface area contributed by atoms with Crippen LogP contribution in [-0.4, -0.2) is 17.8 Å². The van der Waals surface area contributed by atoms with Crippen LogP contribution in [0.25, 0.3) is 0 Å². The fourth-order valence-electron chi connectivity index (χ4n) is 0.872. The summed E-state index contributed by atoms with van der Waals surface area (Å²) in [6, 6.07) is 0. The fraction of sp³-hybridized carbons (Fsp3) is 0.857. The normalized spacial score (nSPS) is 25.9. The lowest BCUT2D eigenvalue weighted by Crippen LogP contribution is -2.29. The van der Waals surface area contributed by atoms with Crippen molar-refractivity contribution in [3.63, 3.8) is 0 Å². The summed E-state index contributed by atoms with van der Waals surface area (Å²) in [7, 11) is 0. The maximum Gasteiger partial charge on any atom is 0.257 e. The van der Waals surface area contributed by atoms with Crippen molar-refractivity contribution < 1.29 is 4.74 Å². The van der Waals surface area contributed by atoms with Crippen LogP contribution in [0.15, 0.2) is 0 Å². The number of hydrogen-bond donors (Lipinski definition) is 1. The van der Waals surface area contributed by atoms with Crippen molar-refractivity contribution in [3.05, 3.63) is 0 Å². The molecule has 2 nitrogen and oxygen atoms in total. The quantitative estimate of drug-likeness (QED) is 0.538. The Morgan fingerprint density at radius 2 is 2.20 bits per heavy atom. The summed E-state index contributed by atoms with van der Waals surface area (Å²) in [5, 5.41) is 3.53. The highest BCUT2D eigenvalue weighted by molar-refractivity contribution is 7.80. The summed E-state index contributed by atoms with van der Waals surface area (Å²) in [6.07, 6.45) is 0.236. The topological polar surface area (TPSA) is 21.3 Å².